The maximum absolute atomic E-state index is 10.1. The number of nitrogens with one attached hydrogen (secondary N) is 2. The van der Waals surface area contributed by atoms with Crippen LogP contribution in [0.3, 0.4) is 0 Å². The van der Waals surface area contributed by atoms with E-state index in [9.17, 15) is 5.11 Å². The van der Waals surface area contributed by atoms with Gasteiger partial charge in [0.1, 0.15) is 11.4 Å². The molecule has 0 spiro atoms. The Morgan fingerprint density at radius 1 is 1.14 bits per heavy atom. The summed E-state index contributed by atoms with van der Waals surface area (Å²) in [4.78, 5) is 13.2. The Morgan fingerprint density at radius 2 is 1.97 bits per heavy atom. The highest BCUT2D eigenvalue weighted by Crippen LogP contribution is 2.44. The van der Waals surface area contributed by atoms with Crippen LogP contribution in [-0.4, -0.2) is 38.9 Å². The quantitative estimate of drug-likeness (QED) is 0.339. The number of aromatic nitrogens is 4. The zero-order valence-electron chi connectivity index (χ0n) is 19.6. The molecule has 0 amide bonds. The number of benzene rings is 2. The third-order valence-electron chi connectivity index (χ3n) is 5.90. The smallest absolute Gasteiger partial charge is 0.262 e. The maximum atomic E-state index is 10.1. The molecule has 10 nitrogen and oxygen atoms in total. The molecule has 35 heavy (non-hydrogen) atoms. The van der Waals surface area contributed by atoms with E-state index in [1.807, 2.05) is 62.4 Å². The number of anilines is 3. The van der Waals surface area contributed by atoms with E-state index in [2.05, 4.69) is 30.7 Å². The molecule has 3 heterocycles. The zero-order valence-corrected chi connectivity index (χ0v) is 19.6. The lowest BCUT2D eigenvalue weighted by molar-refractivity contribution is -0.175. The minimum atomic E-state index is -0.493. The molecule has 0 fully saturated rings. The summed E-state index contributed by atoms with van der Waals surface area (Å²) in [6, 6.07) is 15.1. The van der Waals surface area contributed by atoms with Gasteiger partial charge in [0.2, 0.25) is 5.95 Å². The number of aliphatic hydroxyl groups excluding tert-OH is 1. The Morgan fingerprint density at radius 3 is 2.69 bits per heavy atom. The second-order valence-electron chi connectivity index (χ2n) is 8.62. The number of ether oxygens (including phenoxy) is 2. The molecule has 4 aromatic rings. The van der Waals surface area contributed by atoms with Gasteiger partial charge in [-0.1, -0.05) is 41.6 Å². The highest BCUT2D eigenvalue weighted by atomic mass is 16.7. The van der Waals surface area contributed by atoms with E-state index in [0.717, 1.165) is 22.4 Å². The van der Waals surface area contributed by atoms with Crippen LogP contribution in [-0.2, 0) is 15.1 Å². The molecule has 0 aliphatic carbocycles. The van der Waals surface area contributed by atoms with E-state index in [1.165, 1.54) is 6.33 Å². The zero-order chi connectivity index (χ0) is 24.4. The van der Waals surface area contributed by atoms with Crippen LogP contribution in [0.4, 0.5) is 17.5 Å². The van der Waals surface area contributed by atoms with Crippen LogP contribution in [0.15, 0.2) is 65.6 Å². The van der Waals surface area contributed by atoms with Gasteiger partial charge in [-0.05, 0) is 37.1 Å². The van der Waals surface area contributed by atoms with Crippen molar-refractivity contribution in [3.63, 3.8) is 0 Å². The molecule has 0 saturated heterocycles. The fourth-order valence-electron chi connectivity index (χ4n) is 4.14. The van der Waals surface area contributed by atoms with Crippen LogP contribution in [0.1, 0.15) is 42.9 Å². The Hall–Kier alpha value is -3.86. The lowest BCUT2D eigenvalue weighted by atomic mass is 9.95. The van der Waals surface area contributed by atoms with Crippen LogP contribution >= 0.6 is 0 Å². The van der Waals surface area contributed by atoms with Crippen molar-refractivity contribution < 1.29 is 19.1 Å². The van der Waals surface area contributed by atoms with Crippen molar-refractivity contribution in [2.45, 2.75) is 31.8 Å². The SMILES string of the molecule is COC1OC(C)(C)c2cc(Nc3ncc(-c4ncno4)c(N[C@H](CO)c4ccccc4)n3)ccc21. The number of aliphatic hydroxyl groups is 1. The second-order valence-corrected chi connectivity index (χ2v) is 8.62. The van der Waals surface area contributed by atoms with Gasteiger partial charge in [-0.3, -0.25) is 0 Å². The predicted molar refractivity (Wildman–Crippen MR) is 129 cm³/mol. The van der Waals surface area contributed by atoms with Crippen molar-refractivity contribution in [1.82, 2.24) is 20.1 Å². The van der Waals surface area contributed by atoms with Gasteiger partial charge in [0.15, 0.2) is 12.6 Å². The van der Waals surface area contributed by atoms with Gasteiger partial charge >= 0.3 is 0 Å². The molecule has 10 heteroatoms. The van der Waals surface area contributed by atoms with Crippen LogP contribution in [0.25, 0.3) is 11.5 Å². The number of hydrogen-bond acceptors (Lipinski definition) is 10. The lowest BCUT2D eigenvalue weighted by Crippen LogP contribution is -2.17. The molecular formula is C25H26N6O4. The second kappa shape index (κ2) is 9.41. The third kappa shape index (κ3) is 4.59. The molecule has 5 rings (SSSR count). The van der Waals surface area contributed by atoms with Crippen LogP contribution < -0.4 is 10.6 Å². The van der Waals surface area contributed by atoms with Crippen molar-refractivity contribution in [2.24, 2.45) is 0 Å². The summed E-state index contributed by atoms with van der Waals surface area (Å²) in [5, 5.41) is 20.3. The predicted octanol–water partition coefficient (Wildman–Crippen LogP) is 4.33. The van der Waals surface area contributed by atoms with Gasteiger partial charge < -0.3 is 29.7 Å². The van der Waals surface area contributed by atoms with Crippen molar-refractivity contribution in [2.75, 3.05) is 24.4 Å². The Labute approximate surface area is 202 Å². The number of fused-ring (bicyclic) bond motifs is 1. The standard InChI is InChI=1S/C25H26N6O4/c1-25(2)19-11-16(9-10-17(19)23(33-3)34-25)29-24-26-12-18(22-27-14-28-35-22)21(31-24)30-20(13-32)15-7-5-4-6-8-15/h4-12,14,20,23,32H,13H2,1-3H3,(H2,26,29,30,31)/t20-,23?/m1/s1. The fourth-order valence-corrected chi connectivity index (χ4v) is 4.14. The van der Waals surface area contributed by atoms with Gasteiger partial charge in [-0.15, -0.1) is 0 Å². The van der Waals surface area contributed by atoms with Crippen molar-refractivity contribution in [3.05, 3.63) is 77.7 Å². The number of rotatable bonds is 8. The topological polar surface area (TPSA) is 127 Å². The third-order valence-corrected chi connectivity index (χ3v) is 5.90. The molecule has 0 saturated carbocycles. The average molecular weight is 475 g/mol. The Bertz CT molecular complexity index is 1300. The van der Waals surface area contributed by atoms with Crippen molar-refractivity contribution in [1.29, 1.82) is 0 Å². The summed E-state index contributed by atoms with van der Waals surface area (Å²) >= 11 is 0. The van der Waals surface area contributed by atoms with Crippen molar-refractivity contribution >= 4 is 17.5 Å². The van der Waals surface area contributed by atoms with E-state index in [4.69, 9.17) is 14.0 Å². The van der Waals surface area contributed by atoms with E-state index in [-0.39, 0.29) is 12.5 Å². The van der Waals surface area contributed by atoms with E-state index >= 15 is 0 Å². The van der Waals surface area contributed by atoms with Gasteiger partial charge in [-0.25, -0.2) is 4.98 Å². The van der Waals surface area contributed by atoms with Gasteiger partial charge in [0, 0.05) is 24.6 Å². The van der Waals surface area contributed by atoms with Gasteiger partial charge in [0.25, 0.3) is 5.89 Å². The minimum absolute atomic E-state index is 0.138. The first-order chi connectivity index (χ1) is 17.0. The summed E-state index contributed by atoms with van der Waals surface area (Å²) in [6.45, 7) is 3.87. The largest absolute Gasteiger partial charge is 0.394 e. The molecule has 1 unspecified atom stereocenters. The van der Waals surface area contributed by atoms with Gasteiger partial charge in [0.05, 0.1) is 18.2 Å². The average Bonchev–Trinajstić information content (AvgIpc) is 3.49. The lowest BCUT2D eigenvalue weighted by Gasteiger charge is -2.20. The molecule has 2 aromatic heterocycles. The molecule has 3 N–H and O–H groups in total. The summed E-state index contributed by atoms with van der Waals surface area (Å²) < 4.78 is 16.7. The van der Waals surface area contributed by atoms with Crippen molar-refractivity contribution in [3.8, 4) is 11.5 Å². The fraction of sp³-hybridized carbons (Fsp3) is 0.280. The molecular weight excluding hydrogens is 448 g/mol. The highest BCUT2D eigenvalue weighted by Gasteiger charge is 2.38. The monoisotopic (exact) mass is 474 g/mol. The molecule has 1 aliphatic heterocycles. The molecule has 0 bridgehead atoms. The first-order valence-corrected chi connectivity index (χ1v) is 11.2. The maximum Gasteiger partial charge on any atom is 0.262 e. The Kier molecular flexibility index (Phi) is 6.16. The highest BCUT2D eigenvalue weighted by molar-refractivity contribution is 5.70. The van der Waals surface area contributed by atoms with E-state index < -0.39 is 17.9 Å². The molecule has 1 aliphatic rings. The van der Waals surface area contributed by atoms with E-state index in [1.54, 1.807) is 13.3 Å². The first kappa shape index (κ1) is 22.9. The summed E-state index contributed by atoms with van der Waals surface area (Å²) in [6.07, 6.45) is 2.52. The number of nitrogens with zero attached hydrogens (tertiary/aromatic N) is 4. The van der Waals surface area contributed by atoms with E-state index in [0.29, 0.717) is 17.3 Å². The molecule has 180 valence electrons. The summed E-state index contributed by atoms with van der Waals surface area (Å²) in [5.74, 6) is 1.07. The molecule has 2 atom stereocenters. The Balaban J connectivity index is 1.47. The number of methoxy groups -OCH3 is 1. The minimum Gasteiger partial charge on any atom is -0.394 e. The van der Waals surface area contributed by atoms with Gasteiger partial charge in [-0.2, -0.15) is 9.97 Å². The van der Waals surface area contributed by atoms with Crippen LogP contribution in [0, 0.1) is 0 Å². The summed E-state index contributed by atoms with van der Waals surface area (Å²) in [7, 11) is 1.63. The molecule has 0 radical (unpaired) electrons. The first-order valence-electron chi connectivity index (χ1n) is 11.2. The molecule has 2 aromatic carbocycles. The van der Waals surface area contributed by atoms with Crippen LogP contribution in [0.5, 0.6) is 0 Å². The number of hydrogen-bond donors (Lipinski definition) is 3. The van der Waals surface area contributed by atoms with Crippen LogP contribution in [0.2, 0.25) is 0 Å². The normalized spacial score (nSPS) is 17.1. The summed E-state index contributed by atoms with van der Waals surface area (Å²) in [5.41, 5.74) is 3.76.